The number of esters is 1. The van der Waals surface area contributed by atoms with E-state index >= 15 is 0 Å². The van der Waals surface area contributed by atoms with Gasteiger partial charge in [-0.1, -0.05) is 48.0 Å². The van der Waals surface area contributed by atoms with Gasteiger partial charge in [0, 0.05) is 28.8 Å². The third-order valence-corrected chi connectivity index (χ3v) is 5.68. The number of benzene rings is 2. The Kier molecular flexibility index (Phi) is 7.26. The second-order valence-electron chi connectivity index (χ2n) is 7.20. The summed E-state index contributed by atoms with van der Waals surface area (Å²) in [5.41, 5.74) is 3.57. The number of nitrogens with zero attached hydrogens (tertiary/aromatic N) is 1. The fraction of sp³-hybridized carbons (Fsp3) is 0.348. The lowest BCUT2D eigenvalue weighted by Gasteiger charge is -2.19. The van der Waals surface area contributed by atoms with Crippen molar-refractivity contribution in [3.8, 4) is 0 Å². The van der Waals surface area contributed by atoms with Crippen LogP contribution in [0.25, 0.3) is 0 Å². The zero-order chi connectivity index (χ0) is 21.7. The summed E-state index contributed by atoms with van der Waals surface area (Å²) in [7, 11) is 0. The van der Waals surface area contributed by atoms with Gasteiger partial charge in [-0.2, -0.15) is 0 Å². The molecule has 7 heteroatoms. The highest BCUT2D eigenvalue weighted by molar-refractivity contribution is 9.10. The molecule has 0 radical (unpaired) electrons. The van der Waals surface area contributed by atoms with Crippen molar-refractivity contribution < 1.29 is 19.1 Å². The van der Waals surface area contributed by atoms with E-state index in [9.17, 15) is 14.4 Å². The van der Waals surface area contributed by atoms with E-state index in [1.807, 2.05) is 50.2 Å². The molecule has 3 rings (SSSR count). The first-order chi connectivity index (χ1) is 14.4. The first kappa shape index (κ1) is 22.0. The topological polar surface area (TPSA) is 75.7 Å². The fourth-order valence-corrected chi connectivity index (χ4v) is 4.00. The molecule has 1 aliphatic rings. The molecule has 6 nitrogen and oxygen atoms in total. The second-order valence-corrected chi connectivity index (χ2v) is 8.11. The number of hydrogen-bond donors (Lipinski definition) is 1. The van der Waals surface area contributed by atoms with Crippen LogP contribution in [0.2, 0.25) is 0 Å². The standard InChI is InChI=1S/C23H25BrN2O4/c1-3-15-7-5-6-8-20(15)26-13-17(12-22(26)28)23(29)30-14-21(27)25-19-10-9-18(24)11-16(19)4-2/h5-11,17H,3-4,12-14H2,1-2H3,(H,25,27)/t17-/m0/s1. The highest BCUT2D eigenvalue weighted by Gasteiger charge is 2.37. The summed E-state index contributed by atoms with van der Waals surface area (Å²) >= 11 is 3.41. The van der Waals surface area contributed by atoms with Crippen molar-refractivity contribution >= 4 is 45.1 Å². The number of para-hydroxylation sites is 1. The molecule has 158 valence electrons. The Morgan fingerprint density at radius 2 is 1.87 bits per heavy atom. The zero-order valence-electron chi connectivity index (χ0n) is 17.1. The van der Waals surface area contributed by atoms with Gasteiger partial charge in [0.15, 0.2) is 6.61 Å². The van der Waals surface area contributed by atoms with Crippen LogP contribution in [-0.4, -0.2) is 30.9 Å². The smallest absolute Gasteiger partial charge is 0.311 e. The van der Waals surface area contributed by atoms with Crippen molar-refractivity contribution in [1.82, 2.24) is 0 Å². The summed E-state index contributed by atoms with van der Waals surface area (Å²) in [6.45, 7) is 3.91. The van der Waals surface area contributed by atoms with Gasteiger partial charge in [-0.15, -0.1) is 0 Å². The van der Waals surface area contributed by atoms with Gasteiger partial charge < -0.3 is 15.0 Å². The molecule has 0 spiro atoms. The third-order valence-electron chi connectivity index (χ3n) is 5.19. The van der Waals surface area contributed by atoms with E-state index in [0.717, 1.165) is 34.1 Å². The second kappa shape index (κ2) is 9.89. The Hall–Kier alpha value is -2.67. The van der Waals surface area contributed by atoms with Gasteiger partial charge in [-0.3, -0.25) is 14.4 Å². The van der Waals surface area contributed by atoms with Gasteiger partial charge >= 0.3 is 5.97 Å². The number of anilines is 2. The third kappa shape index (κ3) is 5.08. The molecule has 0 bridgehead atoms. The summed E-state index contributed by atoms with van der Waals surface area (Å²) in [6.07, 6.45) is 1.64. The molecule has 30 heavy (non-hydrogen) atoms. The Labute approximate surface area is 184 Å². The lowest BCUT2D eigenvalue weighted by atomic mass is 10.1. The maximum Gasteiger partial charge on any atom is 0.311 e. The predicted octanol–water partition coefficient (Wildman–Crippen LogP) is 4.11. The van der Waals surface area contributed by atoms with Crippen molar-refractivity contribution in [2.45, 2.75) is 33.1 Å². The van der Waals surface area contributed by atoms with Gasteiger partial charge in [-0.05, 0) is 48.2 Å². The largest absolute Gasteiger partial charge is 0.455 e. The number of aryl methyl sites for hydroxylation is 2. The van der Waals surface area contributed by atoms with Crippen LogP contribution in [0.4, 0.5) is 11.4 Å². The number of ether oxygens (including phenoxy) is 1. The molecule has 1 heterocycles. The van der Waals surface area contributed by atoms with Crippen LogP contribution in [0.1, 0.15) is 31.4 Å². The fourth-order valence-electron chi connectivity index (χ4n) is 3.59. The van der Waals surface area contributed by atoms with Gasteiger partial charge in [0.05, 0.1) is 5.92 Å². The molecule has 2 amide bonds. The summed E-state index contributed by atoms with van der Waals surface area (Å²) in [4.78, 5) is 38.8. The van der Waals surface area contributed by atoms with E-state index < -0.39 is 17.8 Å². The van der Waals surface area contributed by atoms with Crippen molar-refractivity contribution in [1.29, 1.82) is 0 Å². The van der Waals surface area contributed by atoms with Crippen LogP contribution in [-0.2, 0) is 32.0 Å². The normalized spacial score (nSPS) is 15.9. The number of carbonyl (C=O) groups is 3. The minimum absolute atomic E-state index is 0.0885. The van der Waals surface area contributed by atoms with E-state index in [-0.39, 0.29) is 25.5 Å². The van der Waals surface area contributed by atoms with E-state index in [4.69, 9.17) is 4.74 Å². The maximum absolute atomic E-state index is 12.5. The highest BCUT2D eigenvalue weighted by Crippen LogP contribution is 2.29. The van der Waals surface area contributed by atoms with Crippen LogP contribution in [0.15, 0.2) is 46.9 Å². The first-order valence-corrected chi connectivity index (χ1v) is 10.8. The van der Waals surface area contributed by atoms with Crippen LogP contribution >= 0.6 is 15.9 Å². The Balaban J connectivity index is 1.57. The minimum Gasteiger partial charge on any atom is -0.455 e. The predicted molar refractivity (Wildman–Crippen MR) is 119 cm³/mol. The molecule has 0 saturated carbocycles. The summed E-state index contributed by atoms with van der Waals surface area (Å²) < 4.78 is 6.14. The average Bonchev–Trinajstić information content (AvgIpc) is 3.14. The number of hydrogen-bond acceptors (Lipinski definition) is 4. The molecule has 0 unspecified atom stereocenters. The van der Waals surface area contributed by atoms with Gasteiger partial charge in [0.25, 0.3) is 5.91 Å². The molecule has 1 saturated heterocycles. The van der Waals surface area contributed by atoms with E-state index in [1.165, 1.54) is 0 Å². The lowest BCUT2D eigenvalue weighted by molar-refractivity contribution is -0.151. The maximum atomic E-state index is 12.5. The minimum atomic E-state index is -0.575. The zero-order valence-corrected chi connectivity index (χ0v) is 18.7. The molecule has 1 atom stereocenters. The highest BCUT2D eigenvalue weighted by atomic mass is 79.9. The molecule has 0 aromatic heterocycles. The molecular formula is C23H25BrN2O4. The number of halogens is 1. The van der Waals surface area contributed by atoms with E-state index in [0.29, 0.717) is 5.69 Å². The average molecular weight is 473 g/mol. The van der Waals surface area contributed by atoms with Crippen molar-refractivity contribution in [3.05, 3.63) is 58.1 Å². The molecule has 1 N–H and O–H groups in total. The molecular weight excluding hydrogens is 448 g/mol. The quantitative estimate of drug-likeness (QED) is 0.615. The van der Waals surface area contributed by atoms with Crippen LogP contribution in [0.3, 0.4) is 0 Å². The van der Waals surface area contributed by atoms with Crippen molar-refractivity contribution in [2.75, 3.05) is 23.4 Å². The van der Waals surface area contributed by atoms with Gasteiger partial charge in [0.1, 0.15) is 0 Å². The summed E-state index contributed by atoms with van der Waals surface area (Å²) in [5, 5.41) is 2.78. The van der Waals surface area contributed by atoms with Crippen LogP contribution in [0, 0.1) is 5.92 Å². The van der Waals surface area contributed by atoms with Gasteiger partial charge in [0.2, 0.25) is 5.91 Å². The molecule has 2 aromatic carbocycles. The number of carbonyl (C=O) groups excluding carboxylic acids is 3. The molecule has 0 aliphatic carbocycles. The van der Waals surface area contributed by atoms with Gasteiger partial charge in [-0.25, -0.2) is 0 Å². The van der Waals surface area contributed by atoms with E-state index in [1.54, 1.807) is 11.0 Å². The summed E-state index contributed by atoms with van der Waals surface area (Å²) in [5.74, 6) is -1.61. The molecule has 1 aliphatic heterocycles. The summed E-state index contributed by atoms with van der Waals surface area (Å²) in [6, 6.07) is 13.3. The monoisotopic (exact) mass is 472 g/mol. The van der Waals surface area contributed by atoms with Crippen LogP contribution < -0.4 is 10.2 Å². The Bertz CT molecular complexity index is 960. The number of rotatable bonds is 7. The van der Waals surface area contributed by atoms with E-state index in [2.05, 4.69) is 21.2 Å². The lowest BCUT2D eigenvalue weighted by Crippen LogP contribution is -2.28. The molecule has 1 fully saturated rings. The Morgan fingerprint density at radius 1 is 1.13 bits per heavy atom. The van der Waals surface area contributed by atoms with Crippen molar-refractivity contribution in [2.24, 2.45) is 5.92 Å². The number of amides is 2. The number of nitrogens with one attached hydrogen (secondary N) is 1. The SMILES string of the molecule is CCc1cc(Br)ccc1NC(=O)COC(=O)[C@H]1CC(=O)N(c2ccccc2CC)C1. The first-order valence-electron chi connectivity index (χ1n) is 10.1. The van der Waals surface area contributed by atoms with Crippen molar-refractivity contribution in [3.63, 3.8) is 0 Å². The Morgan fingerprint density at radius 3 is 2.60 bits per heavy atom. The molecule has 2 aromatic rings. The van der Waals surface area contributed by atoms with Crippen LogP contribution in [0.5, 0.6) is 0 Å².